The number of hydrogen-bond acceptors (Lipinski definition) is 4. The van der Waals surface area contributed by atoms with E-state index in [0.717, 1.165) is 0 Å². The minimum atomic E-state index is -0.355. The molecule has 0 aliphatic carbocycles. The van der Waals surface area contributed by atoms with Crippen LogP contribution in [-0.4, -0.2) is 14.4 Å². The molecule has 1 aromatic carbocycles. The minimum Gasteiger partial charge on any atom is -0.382 e. The fourth-order valence-corrected chi connectivity index (χ4v) is 1.73. The number of aromatic nitrogens is 3. The number of nitrogens with two attached hydrogens (primary N) is 1. The lowest BCUT2D eigenvalue weighted by Gasteiger charge is -2.08. The number of hydrogen-bond donors (Lipinski definition) is 2. The van der Waals surface area contributed by atoms with Gasteiger partial charge < -0.3 is 15.5 Å². The molecule has 0 spiro atoms. The molecule has 0 amide bonds. The number of nitrogen functional groups attached to an aromatic ring is 1. The van der Waals surface area contributed by atoms with Crippen molar-refractivity contribution in [1.82, 2.24) is 14.4 Å². The lowest BCUT2D eigenvalue weighted by atomic mass is 10.3. The smallest absolute Gasteiger partial charge is 0.180 e. The van der Waals surface area contributed by atoms with Gasteiger partial charge in [-0.05, 0) is 12.1 Å². The first-order chi connectivity index (χ1) is 8.74. The average molecular weight is 243 g/mol. The van der Waals surface area contributed by atoms with E-state index < -0.39 is 0 Å². The van der Waals surface area contributed by atoms with E-state index in [4.69, 9.17) is 5.73 Å². The topological polar surface area (TPSA) is 68.2 Å². The highest BCUT2D eigenvalue weighted by Crippen LogP contribution is 2.21. The molecule has 6 heteroatoms. The number of halogens is 1. The third kappa shape index (κ3) is 1.73. The van der Waals surface area contributed by atoms with Crippen molar-refractivity contribution in [3.63, 3.8) is 0 Å². The SMILES string of the molecule is Nc1cn2ccnc2c(Nc2ccccc2F)n1. The summed E-state index contributed by atoms with van der Waals surface area (Å²) in [5, 5.41) is 2.89. The Kier molecular flexibility index (Phi) is 2.33. The number of nitrogens with one attached hydrogen (secondary N) is 1. The zero-order valence-corrected chi connectivity index (χ0v) is 9.34. The van der Waals surface area contributed by atoms with Gasteiger partial charge in [0.05, 0.1) is 11.9 Å². The lowest BCUT2D eigenvalue weighted by molar-refractivity contribution is 0.632. The molecular formula is C12H10FN5. The van der Waals surface area contributed by atoms with Crippen molar-refractivity contribution in [3.8, 4) is 0 Å². The summed E-state index contributed by atoms with van der Waals surface area (Å²) < 4.78 is 15.3. The molecule has 0 saturated carbocycles. The van der Waals surface area contributed by atoms with E-state index in [1.54, 1.807) is 41.2 Å². The summed E-state index contributed by atoms with van der Waals surface area (Å²) in [5.74, 6) is 0.399. The number of nitrogens with zero attached hydrogens (tertiary/aromatic N) is 3. The zero-order valence-electron chi connectivity index (χ0n) is 9.34. The third-order valence-electron chi connectivity index (χ3n) is 2.52. The fourth-order valence-electron chi connectivity index (χ4n) is 1.73. The summed E-state index contributed by atoms with van der Waals surface area (Å²) in [7, 11) is 0. The molecule has 0 saturated heterocycles. The van der Waals surface area contributed by atoms with E-state index in [2.05, 4.69) is 15.3 Å². The molecule has 3 rings (SSSR count). The van der Waals surface area contributed by atoms with E-state index >= 15 is 0 Å². The number of rotatable bonds is 2. The van der Waals surface area contributed by atoms with Gasteiger partial charge in [-0.25, -0.2) is 14.4 Å². The predicted molar refractivity (Wildman–Crippen MR) is 67.1 cm³/mol. The number of para-hydroxylation sites is 1. The van der Waals surface area contributed by atoms with Crippen molar-refractivity contribution in [2.75, 3.05) is 11.1 Å². The molecule has 2 aromatic heterocycles. The molecule has 3 aromatic rings. The Morgan fingerprint density at radius 2 is 2.11 bits per heavy atom. The van der Waals surface area contributed by atoms with Crippen LogP contribution in [0.5, 0.6) is 0 Å². The number of benzene rings is 1. The molecule has 90 valence electrons. The van der Waals surface area contributed by atoms with Gasteiger partial charge in [-0.3, -0.25) is 0 Å². The molecule has 0 radical (unpaired) electrons. The van der Waals surface area contributed by atoms with Crippen LogP contribution in [0.4, 0.5) is 21.7 Å². The number of anilines is 3. The van der Waals surface area contributed by atoms with Crippen molar-refractivity contribution < 1.29 is 4.39 Å². The summed E-state index contributed by atoms with van der Waals surface area (Å²) in [5.41, 5.74) is 6.61. The van der Waals surface area contributed by atoms with Crippen LogP contribution in [0.15, 0.2) is 42.9 Å². The van der Waals surface area contributed by atoms with E-state index in [1.807, 2.05) is 0 Å². The highest BCUT2D eigenvalue weighted by Gasteiger charge is 2.08. The van der Waals surface area contributed by atoms with Crippen molar-refractivity contribution in [2.45, 2.75) is 0 Å². The van der Waals surface area contributed by atoms with Gasteiger partial charge in [-0.1, -0.05) is 12.1 Å². The summed E-state index contributed by atoms with van der Waals surface area (Å²) >= 11 is 0. The standard InChI is InChI=1S/C12H10FN5/c13-8-3-1-2-4-9(8)16-11-12-15-5-6-18(12)7-10(14)17-11/h1-7H,14H2,(H,16,17). The fraction of sp³-hybridized carbons (Fsp3) is 0. The van der Waals surface area contributed by atoms with Crippen molar-refractivity contribution >= 4 is 23.0 Å². The van der Waals surface area contributed by atoms with Gasteiger partial charge in [0.2, 0.25) is 0 Å². The van der Waals surface area contributed by atoms with E-state index in [9.17, 15) is 4.39 Å². The molecular weight excluding hydrogens is 233 g/mol. The Labute approximate surface area is 102 Å². The molecule has 2 heterocycles. The minimum absolute atomic E-state index is 0.333. The molecule has 0 bridgehead atoms. The maximum absolute atomic E-state index is 13.6. The Morgan fingerprint density at radius 3 is 2.94 bits per heavy atom. The van der Waals surface area contributed by atoms with Gasteiger partial charge in [0.25, 0.3) is 0 Å². The maximum Gasteiger partial charge on any atom is 0.180 e. The summed E-state index contributed by atoms with van der Waals surface area (Å²) in [6.07, 6.45) is 5.03. The van der Waals surface area contributed by atoms with Crippen molar-refractivity contribution in [1.29, 1.82) is 0 Å². The van der Waals surface area contributed by atoms with Gasteiger partial charge in [-0.15, -0.1) is 0 Å². The van der Waals surface area contributed by atoms with E-state index in [0.29, 0.717) is 23.0 Å². The van der Waals surface area contributed by atoms with Gasteiger partial charge in [-0.2, -0.15) is 0 Å². The largest absolute Gasteiger partial charge is 0.382 e. The lowest BCUT2D eigenvalue weighted by Crippen LogP contribution is -2.02. The Bertz CT molecular complexity index is 707. The third-order valence-corrected chi connectivity index (χ3v) is 2.52. The number of imidazole rings is 1. The second-order valence-corrected chi connectivity index (χ2v) is 3.78. The highest BCUT2D eigenvalue weighted by molar-refractivity contribution is 5.71. The second kappa shape index (κ2) is 3.99. The van der Waals surface area contributed by atoms with Crippen LogP contribution in [0.3, 0.4) is 0 Å². The summed E-state index contributed by atoms with van der Waals surface area (Å²) in [6.45, 7) is 0. The highest BCUT2D eigenvalue weighted by atomic mass is 19.1. The molecule has 0 fully saturated rings. The van der Waals surface area contributed by atoms with E-state index in [1.165, 1.54) is 6.07 Å². The van der Waals surface area contributed by atoms with Crippen LogP contribution in [0.2, 0.25) is 0 Å². The first-order valence-corrected chi connectivity index (χ1v) is 5.35. The molecule has 5 nitrogen and oxygen atoms in total. The second-order valence-electron chi connectivity index (χ2n) is 3.78. The van der Waals surface area contributed by atoms with Crippen LogP contribution in [0.1, 0.15) is 0 Å². The molecule has 3 N–H and O–H groups in total. The van der Waals surface area contributed by atoms with Crippen molar-refractivity contribution in [3.05, 3.63) is 48.7 Å². The quantitative estimate of drug-likeness (QED) is 0.724. The molecule has 0 unspecified atom stereocenters. The van der Waals surface area contributed by atoms with Crippen LogP contribution in [0.25, 0.3) is 5.65 Å². The maximum atomic E-state index is 13.6. The van der Waals surface area contributed by atoms with Crippen LogP contribution >= 0.6 is 0 Å². The van der Waals surface area contributed by atoms with Gasteiger partial charge >= 0.3 is 0 Å². The van der Waals surface area contributed by atoms with Crippen molar-refractivity contribution in [2.24, 2.45) is 0 Å². The normalized spacial score (nSPS) is 10.7. The van der Waals surface area contributed by atoms with Gasteiger partial charge in [0, 0.05) is 12.4 Å². The Morgan fingerprint density at radius 1 is 1.28 bits per heavy atom. The van der Waals surface area contributed by atoms with Crippen LogP contribution in [-0.2, 0) is 0 Å². The number of fused-ring (bicyclic) bond motifs is 1. The van der Waals surface area contributed by atoms with Gasteiger partial charge in [0.1, 0.15) is 11.6 Å². The summed E-state index contributed by atoms with van der Waals surface area (Å²) in [6, 6.07) is 6.36. The first kappa shape index (κ1) is 10.5. The van der Waals surface area contributed by atoms with E-state index in [-0.39, 0.29) is 5.82 Å². The summed E-state index contributed by atoms with van der Waals surface area (Å²) in [4.78, 5) is 8.27. The van der Waals surface area contributed by atoms with Crippen LogP contribution in [0, 0.1) is 5.82 Å². The predicted octanol–water partition coefficient (Wildman–Crippen LogP) is 2.19. The molecule has 0 aliphatic heterocycles. The first-order valence-electron chi connectivity index (χ1n) is 5.35. The Balaban J connectivity index is 2.10. The Hall–Kier alpha value is -2.63. The van der Waals surface area contributed by atoms with Gasteiger partial charge in [0.15, 0.2) is 11.5 Å². The molecule has 0 aliphatic rings. The molecule has 18 heavy (non-hydrogen) atoms. The zero-order chi connectivity index (χ0) is 12.5. The van der Waals surface area contributed by atoms with Crippen LogP contribution < -0.4 is 11.1 Å². The average Bonchev–Trinajstić information content (AvgIpc) is 2.80. The molecule has 0 atom stereocenters. The monoisotopic (exact) mass is 243 g/mol.